The summed E-state index contributed by atoms with van der Waals surface area (Å²) in [6.07, 6.45) is 4.82. The Kier molecular flexibility index (Phi) is 4.86. The van der Waals surface area contributed by atoms with Gasteiger partial charge in [-0.2, -0.15) is 5.10 Å². The van der Waals surface area contributed by atoms with Crippen molar-refractivity contribution >= 4 is 16.8 Å². The Balaban J connectivity index is 1.30. The second-order valence-electron chi connectivity index (χ2n) is 9.27. The maximum atomic E-state index is 15.2. The smallest absolute Gasteiger partial charge is 0.348 e. The van der Waals surface area contributed by atoms with E-state index in [1.807, 2.05) is 23.1 Å². The Labute approximate surface area is 193 Å². The second-order valence-corrected chi connectivity index (χ2v) is 9.27. The predicted molar refractivity (Wildman–Crippen MR) is 123 cm³/mol. The van der Waals surface area contributed by atoms with Gasteiger partial charge in [-0.15, -0.1) is 0 Å². The third-order valence-corrected chi connectivity index (χ3v) is 6.87. The van der Waals surface area contributed by atoms with Crippen molar-refractivity contribution in [3.8, 4) is 16.8 Å². The molecule has 1 saturated carbocycles. The number of likely N-dealkylation sites (tertiary alicyclic amines) is 1. The van der Waals surface area contributed by atoms with Gasteiger partial charge in [-0.05, 0) is 66.0 Å². The van der Waals surface area contributed by atoms with E-state index in [0.717, 1.165) is 34.7 Å². The highest BCUT2D eigenvalue weighted by molar-refractivity contribution is 5.85. The molecular formula is C25H23F2N5O2. The normalized spacial score (nSPS) is 18.2. The van der Waals surface area contributed by atoms with Gasteiger partial charge in [-0.25, -0.2) is 23.2 Å². The number of benzene rings is 2. The van der Waals surface area contributed by atoms with Gasteiger partial charge in [0.05, 0.1) is 0 Å². The third kappa shape index (κ3) is 3.61. The summed E-state index contributed by atoms with van der Waals surface area (Å²) in [6.45, 7) is 1.23. The van der Waals surface area contributed by atoms with Crippen LogP contribution in [0.3, 0.4) is 0 Å². The van der Waals surface area contributed by atoms with E-state index in [9.17, 15) is 9.59 Å². The van der Waals surface area contributed by atoms with Crippen LogP contribution in [-0.2, 0) is 11.2 Å². The Bertz CT molecular complexity index is 1440. The molecule has 1 atom stereocenters. The van der Waals surface area contributed by atoms with E-state index in [2.05, 4.69) is 15.2 Å². The molecule has 2 aromatic carbocycles. The first-order chi connectivity index (χ1) is 16.5. The van der Waals surface area contributed by atoms with Crippen molar-refractivity contribution in [3.63, 3.8) is 0 Å². The molecule has 1 aliphatic heterocycles. The molecule has 4 aromatic rings. The quantitative estimate of drug-likeness (QED) is 0.472. The molecule has 1 aliphatic carbocycles. The first kappa shape index (κ1) is 20.8. The fraction of sp³-hybridized carbons (Fsp3) is 0.320. The lowest BCUT2D eigenvalue weighted by atomic mass is 10.0. The van der Waals surface area contributed by atoms with Gasteiger partial charge in [0.1, 0.15) is 11.5 Å². The van der Waals surface area contributed by atoms with E-state index in [-0.39, 0.29) is 23.6 Å². The summed E-state index contributed by atoms with van der Waals surface area (Å²) in [5.74, 6) is -1.01. The van der Waals surface area contributed by atoms with Crippen LogP contribution in [0.1, 0.15) is 25.1 Å². The van der Waals surface area contributed by atoms with Crippen molar-refractivity contribution in [1.29, 1.82) is 0 Å². The molecule has 1 unspecified atom stereocenters. The molecule has 2 aromatic heterocycles. The molecule has 1 saturated heterocycles. The number of carbonyl (C=O) groups excluding carboxylic acids is 1. The summed E-state index contributed by atoms with van der Waals surface area (Å²) in [5, 5.41) is 7.38. The number of aromatic nitrogens is 4. The number of rotatable bonds is 5. The van der Waals surface area contributed by atoms with Crippen LogP contribution in [0.4, 0.5) is 8.78 Å². The zero-order valence-corrected chi connectivity index (χ0v) is 18.4. The Morgan fingerprint density at radius 3 is 2.62 bits per heavy atom. The van der Waals surface area contributed by atoms with Crippen LogP contribution in [0.15, 0.2) is 47.4 Å². The first-order valence-electron chi connectivity index (χ1n) is 11.5. The van der Waals surface area contributed by atoms with Gasteiger partial charge in [0.15, 0.2) is 11.6 Å². The van der Waals surface area contributed by atoms with Gasteiger partial charge in [-0.1, -0.05) is 12.1 Å². The summed E-state index contributed by atoms with van der Waals surface area (Å²) in [4.78, 5) is 29.8. The van der Waals surface area contributed by atoms with Crippen molar-refractivity contribution in [2.75, 3.05) is 13.1 Å². The molecule has 0 bridgehead atoms. The van der Waals surface area contributed by atoms with Gasteiger partial charge >= 0.3 is 5.69 Å². The van der Waals surface area contributed by atoms with Crippen molar-refractivity contribution in [2.24, 2.45) is 11.8 Å². The Hall–Kier alpha value is -3.75. The number of hydrogen-bond donors (Lipinski definition) is 2. The molecule has 3 heterocycles. The van der Waals surface area contributed by atoms with Crippen LogP contribution in [-0.4, -0.2) is 43.6 Å². The molecule has 0 spiro atoms. The molecule has 7 nitrogen and oxygen atoms in total. The first-order valence-corrected chi connectivity index (χ1v) is 11.5. The van der Waals surface area contributed by atoms with Gasteiger partial charge in [0.25, 0.3) is 0 Å². The van der Waals surface area contributed by atoms with E-state index in [0.29, 0.717) is 30.6 Å². The van der Waals surface area contributed by atoms with Gasteiger partial charge in [0.2, 0.25) is 5.91 Å². The van der Waals surface area contributed by atoms with Gasteiger partial charge < -0.3 is 9.88 Å². The van der Waals surface area contributed by atoms with Crippen molar-refractivity contribution < 1.29 is 13.6 Å². The lowest BCUT2D eigenvalue weighted by Crippen LogP contribution is -2.30. The minimum atomic E-state index is -0.844. The van der Waals surface area contributed by atoms with Crippen LogP contribution in [0.25, 0.3) is 27.7 Å². The fourth-order valence-corrected chi connectivity index (χ4v) is 4.92. The maximum Gasteiger partial charge on any atom is 0.348 e. The molecule has 2 N–H and O–H groups in total. The third-order valence-electron chi connectivity index (χ3n) is 6.87. The molecule has 2 aliphatic rings. The molecule has 1 amide bonds. The number of fused-ring (bicyclic) bond motifs is 1. The number of hydrogen-bond acceptors (Lipinski definition) is 3. The zero-order chi connectivity index (χ0) is 23.4. The highest BCUT2D eigenvalue weighted by Gasteiger charge is 2.37. The summed E-state index contributed by atoms with van der Waals surface area (Å²) >= 11 is 0. The predicted octanol–water partition coefficient (Wildman–Crippen LogP) is 3.79. The highest BCUT2D eigenvalue weighted by Crippen LogP contribution is 2.34. The lowest BCUT2D eigenvalue weighted by molar-refractivity contribution is -0.131. The standard InChI is InChI=1S/C25H23F2N5O2/c26-19-10-18(17-4-1-15-5-7-28-21(15)12-17)11-20(27)23(19)32-22(29-30-25(32)34)9-14-6-8-31(13-14)24(33)16-2-3-16/h1,4-5,7,10-12,14,16,28H,2-3,6,8-9,13H2,(H,30,34). The van der Waals surface area contributed by atoms with Crippen molar-refractivity contribution in [1.82, 2.24) is 24.6 Å². The van der Waals surface area contributed by atoms with E-state index in [1.165, 1.54) is 12.1 Å². The van der Waals surface area contributed by atoms with Crippen LogP contribution in [0, 0.1) is 23.5 Å². The molecule has 174 valence electrons. The number of halogens is 2. The monoisotopic (exact) mass is 463 g/mol. The number of nitrogens with zero attached hydrogens (tertiary/aromatic N) is 3. The van der Waals surface area contributed by atoms with Gasteiger partial charge in [0, 0.05) is 37.1 Å². The summed E-state index contributed by atoms with van der Waals surface area (Å²) < 4.78 is 31.5. The highest BCUT2D eigenvalue weighted by atomic mass is 19.1. The van der Waals surface area contributed by atoms with E-state index in [1.54, 1.807) is 12.3 Å². The van der Waals surface area contributed by atoms with Crippen LogP contribution >= 0.6 is 0 Å². The van der Waals surface area contributed by atoms with Crippen molar-refractivity contribution in [2.45, 2.75) is 25.7 Å². The summed E-state index contributed by atoms with van der Waals surface area (Å²) in [6, 6.07) is 9.89. The number of carbonyl (C=O) groups is 1. The maximum absolute atomic E-state index is 15.2. The van der Waals surface area contributed by atoms with Crippen LogP contribution in [0.2, 0.25) is 0 Å². The van der Waals surface area contributed by atoms with Crippen LogP contribution in [0.5, 0.6) is 0 Å². The number of nitrogens with one attached hydrogen (secondary N) is 2. The summed E-state index contributed by atoms with van der Waals surface area (Å²) in [7, 11) is 0. The molecule has 9 heteroatoms. The fourth-order valence-electron chi connectivity index (χ4n) is 4.92. The minimum Gasteiger partial charge on any atom is -0.361 e. The average molecular weight is 463 g/mol. The van der Waals surface area contributed by atoms with E-state index < -0.39 is 23.0 Å². The average Bonchev–Trinajstić information content (AvgIpc) is 3.21. The molecular weight excluding hydrogens is 440 g/mol. The second kappa shape index (κ2) is 7.93. The molecule has 0 radical (unpaired) electrons. The molecule has 6 rings (SSSR count). The Morgan fingerprint density at radius 1 is 1.06 bits per heavy atom. The molecule has 34 heavy (non-hydrogen) atoms. The molecule has 2 fully saturated rings. The Morgan fingerprint density at radius 2 is 1.85 bits per heavy atom. The zero-order valence-electron chi connectivity index (χ0n) is 18.4. The van der Waals surface area contributed by atoms with E-state index >= 15 is 8.78 Å². The topological polar surface area (TPSA) is 86.8 Å². The number of H-pyrrole nitrogens is 2. The lowest BCUT2D eigenvalue weighted by Gasteiger charge is -2.16. The number of amides is 1. The van der Waals surface area contributed by atoms with Gasteiger partial charge in [-0.3, -0.25) is 4.79 Å². The number of aromatic amines is 2. The van der Waals surface area contributed by atoms with Crippen molar-refractivity contribution in [3.05, 3.63) is 70.5 Å². The van der Waals surface area contributed by atoms with Crippen LogP contribution < -0.4 is 5.69 Å². The largest absolute Gasteiger partial charge is 0.361 e. The SMILES string of the molecule is O=C(C1CC1)N1CCC(Cc2n[nH]c(=O)n2-c2c(F)cc(-c3ccc4cc[nH]c4c3)cc2F)C1. The summed E-state index contributed by atoms with van der Waals surface area (Å²) in [5.41, 5.74) is 0.755. The van der Waals surface area contributed by atoms with E-state index in [4.69, 9.17) is 0 Å². The minimum absolute atomic E-state index is 0.0783.